The molecule has 13 heteroatoms. The first-order valence-electron chi connectivity index (χ1n) is 13.3. The number of alkyl carbamates (subject to hydrolysis) is 1. The Morgan fingerprint density at radius 2 is 1.60 bits per heavy atom. The minimum Gasteiger partial charge on any atom is -0.444 e. The standard InChI is InChI=1S/C27H36F3N5O5/c1-25(2,3)39-23(36)32-26(4,5)22-31-21(33-40-22)19-14-18(17-6-8-20(9-7-17)27(28,29)30)15-35(16-19)24(37)34-10-12-38-13-11-34/h6-9,18-19H,10-16H2,1-5H3,(H,32,36). The zero-order valence-electron chi connectivity index (χ0n) is 23.4. The van der Waals surface area contributed by atoms with Crippen LogP contribution in [-0.4, -0.2) is 77.1 Å². The van der Waals surface area contributed by atoms with Crippen molar-refractivity contribution in [1.29, 1.82) is 0 Å². The van der Waals surface area contributed by atoms with Gasteiger partial charge in [-0.05, 0) is 58.7 Å². The average molecular weight is 568 g/mol. The van der Waals surface area contributed by atoms with Crippen LogP contribution in [0.25, 0.3) is 0 Å². The normalized spacial score (nSPS) is 20.8. The molecule has 1 aromatic heterocycles. The first-order chi connectivity index (χ1) is 18.6. The van der Waals surface area contributed by atoms with Gasteiger partial charge in [-0.1, -0.05) is 17.3 Å². The highest BCUT2D eigenvalue weighted by molar-refractivity contribution is 5.75. The fraction of sp³-hybridized carbons (Fsp3) is 0.630. The van der Waals surface area contributed by atoms with E-state index in [9.17, 15) is 22.8 Å². The maximum Gasteiger partial charge on any atom is 0.416 e. The number of benzene rings is 1. The largest absolute Gasteiger partial charge is 0.444 e. The first kappa shape index (κ1) is 29.6. The molecule has 40 heavy (non-hydrogen) atoms. The van der Waals surface area contributed by atoms with Gasteiger partial charge < -0.3 is 29.1 Å². The van der Waals surface area contributed by atoms with E-state index in [1.165, 1.54) is 12.1 Å². The fourth-order valence-electron chi connectivity index (χ4n) is 4.85. The van der Waals surface area contributed by atoms with Gasteiger partial charge in [-0.2, -0.15) is 18.2 Å². The Balaban J connectivity index is 1.57. The number of alkyl halides is 3. The molecule has 0 spiro atoms. The summed E-state index contributed by atoms with van der Waals surface area (Å²) in [6.07, 6.45) is -4.58. The van der Waals surface area contributed by atoms with Crippen LogP contribution in [0.3, 0.4) is 0 Å². The molecule has 4 rings (SSSR count). The van der Waals surface area contributed by atoms with Crippen LogP contribution in [0, 0.1) is 0 Å². The van der Waals surface area contributed by atoms with Crippen LogP contribution in [0.5, 0.6) is 0 Å². The van der Waals surface area contributed by atoms with Crippen molar-refractivity contribution in [2.24, 2.45) is 0 Å². The summed E-state index contributed by atoms with van der Waals surface area (Å²) in [6, 6.07) is 4.88. The lowest BCUT2D eigenvalue weighted by Crippen LogP contribution is -2.52. The third-order valence-corrected chi connectivity index (χ3v) is 6.87. The van der Waals surface area contributed by atoms with Crippen LogP contribution in [0.4, 0.5) is 22.8 Å². The van der Waals surface area contributed by atoms with Gasteiger partial charge in [0.05, 0.1) is 18.8 Å². The summed E-state index contributed by atoms with van der Waals surface area (Å²) in [6.45, 7) is 11.1. The number of rotatable bonds is 4. The Morgan fingerprint density at radius 3 is 2.20 bits per heavy atom. The third kappa shape index (κ3) is 7.23. The summed E-state index contributed by atoms with van der Waals surface area (Å²) < 4.78 is 55.7. The fourth-order valence-corrected chi connectivity index (χ4v) is 4.85. The van der Waals surface area contributed by atoms with E-state index in [0.29, 0.717) is 57.2 Å². The van der Waals surface area contributed by atoms with Crippen molar-refractivity contribution in [3.63, 3.8) is 0 Å². The molecule has 2 unspecified atom stereocenters. The molecule has 2 fully saturated rings. The highest BCUT2D eigenvalue weighted by atomic mass is 19.4. The lowest BCUT2D eigenvalue weighted by atomic mass is 9.84. The molecule has 0 saturated carbocycles. The van der Waals surface area contributed by atoms with Gasteiger partial charge in [0.1, 0.15) is 11.1 Å². The number of morpholine rings is 1. The van der Waals surface area contributed by atoms with Crippen molar-refractivity contribution in [1.82, 2.24) is 25.3 Å². The van der Waals surface area contributed by atoms with E-state index in [-0.39, 0.29) is 23.8 Å². The van der Waals surface area contributed by atoms with Crippen LogP contribution < -0.4 is 5.32 Å². The summed E-state index contributed by atoms with van der Waals surface area (Å²) in [5.74, 6) is -0.0803. The number of halogens is 3. The molecule has 0 aliphatic carbocycles. The van der Waals surface area contributed by atoms with E-state index in [0.717, 1.165) is 12.1 Å². The smallest absolute Gasteiger partial charge is 0.416 e. The maximum atomic E-state index is 13.4. The van der Waals surface area contributed by atoms with Crippen molar-refractivity contribution in [3.8, 4) is 0 Å². The Kier molecular flexibility index (Phi) is 8.34. The number of amides is 3. The van der Waals surface area contributed by atoms with Crippen molar-refractivity contribution < 1.29 is 36.8 Å². The minimum absolute atomic E-state index is 0.163. The van der Waals surface area contributed by atoms with E-state index in [4.69, 9.17) is 14.0 Å². The lowest BCUT2D eigenvalue weighted by molar-refractivity contribution is -0.137. The van der Waals surface area contributed by atoms with Gasteiger partial charge in [0.15, 0.2) is 5.82 Å². The quantitative estimate of drug-likeness (QED) is 0.561. The molecular formula is C27H36F3N5O5. The summed E-state index contributed by atoms with van der Waals surface area (Å²) in [5.41, 5.74) is -1.77. The molecule has 2 atom stereocenters. The van der Waals surface area contributed by atoms with Gasteiger partial charge in [-0.25, -0.2) is 9.59 Å². The lowest BCUT2D eigenvalue weighted by Gasteiger charge is -2.40. The predicted octanol–water partition coefficient (Wildman–Crippen LogP) is 4.87. The molecule has 220 valence electrons. The molecule has 0 radical (unpaired) electrons. The molecule has 2 aromatic rings. The molecule has 1 N–H and O–H groups in total. The summed E-state index contributed by atoms with van der Waals surface area (Å²) in [7, 11) is 0. The van der Waals surface area contributed by atoms with Gasteiger partial charge in [0.25, 0.3) is 5.89 Å². The monoisotopic (exact) mass is 567 g/mol. The zero-order chi connectivity index (χ0) is 29.3. The number of urea groups is 1. The number of nitrogens with zero attached hydrogens (tertiary/aromatic N) is 4. The Morgan fingerprint density at radius 1 is 0.975 bits per heavy atom. The number of carbonyl (C=O) groups is 2. The number of nitrogens with one attached hydrogen (secondary N) is 1. The first-order valence-corrected chi connectivity index (χ1v) is 13.3. The van der Waals surface area contributed by atoms with Gasteiger partial charge in [-0.15, -0.1) is 0 Å². The second-order valence-corrected chi connectivity index (χ2v) is 11.7. The van der Waals surface area contributed by atoms with Crippen LogP contribution in [0.2, 0.25) is 0 Å². The summed E-state index contributed by atoms with van der Waals surface area (Å²) in [5, 5.41) is 6.91. The van der Waals surface area contributed by atoms with Crippen LogP contribution in [0.1, 0.15) is 75.7 Å². The second kappa shape index (κ2) is 11.3. The van der Waals surface area contributed by atoms with E-state index in [1.54, 1.807) is 44.4 Å². The van der Waals surface area contributed by atoms with Gasteiger partial charge in [0.2, 0.25) is 0 Å². The second-order valence-electron chi connectivity index (χ2n) is 11.7. The Labute approximate surface area is 231 Å². The molecular weight excluding hydrogens is 531 g/mol. The molecule has 2 aliphatic rings. The maximum absolute atomic E-state index is 13.4. The molecule has 1 aromatic carbocycles. The van der Waals surface area contributed by atoms with Crippen molar-refractivity contribution >= 4 is 12.1 Å². The number of likely N-dealkylation sites (tertiary alicyclic amines) is 1. The molecule has 2 aliphatic heterocycles. The van der Waals surface area contributed by atoms with Gasteiger partial charge >= 0.3 is 18.3 Å². The van der Waals surface area contributed by atoms with E-state index in [1.807, 2.05) is 0 Å². The number of aromatic nitrogens is 2. The summed E-state index contributed by atoms with van der Waals surface area (Å²) >= 11 is 0. The number of hydrogen-bond acceptors (Lipinski definition) is 7. The molecule has 3 amide bonds. The van der Waals surface area contributed by atoms with Crippen LogP contribution >= 0.6 is 0 Å². The van der Waals surface area contributed by atoms with Gasteiger partial charge in [0, 0.05) is 38.0 Å². The Bertz CT molecular complexity index is 1190. The molecule has 0 bridgehead atoms. The third-order valence-electron chi connectivity index (χ3n) is 6.87. The van der Waals surface area contributed by atoms with Crippen LogP contribution in [-0.2, 0) is 21.2 Å². The SMILES string of the molecule is CC(C)(C)OC(=O)NC(C)(C)c1nc(C2CC(c3ccc(C(F)(F)F)cc3)CN(C(=O)N3CCOCC3)C2)no1. The van der Waals surface area contributed by atoms with E-state index in [2.05, 4.69) is 15.5 Å². The van der Waals surface area contributed by atoms with Gasteiger partial charge in [-0.3, -0.25) is 0 Å². The summed E-state index contributed by atoms with van der Waals surface area (Å²) in [4.78, 5) is 33.8. The molecule has 10 nitrogen and oxygen atoms in total. The highest BCUT2D eigenvalue weighted by Crippen LogP contribution is 2.37. The Hall–Kier alpha value is -3.35. The topological polar surface area (TPSA) is 110 Å². The van der Waals surface area contributed by atoms with Crippen molar-refractivity contribution in [2.75, 3.05) is 39.4 Å². The van der Waals surface area contributed by atoms with Crippen molar-refractivity contribution in [2.45, 2.75) is 70.2 Å². The predicted molar refractivity (Wildman–Crippen MR) is 138 cm³/mol. The number of carbonyl (C=O) groups excluding carboxylic acids is 2. The van der Waals surface area contributed by atoms with Crippen molar-refractivity contribution in [3.05, 3.63) is 47.1 Å². The van der Waals surface area contributed by atoms with E-state index < -0.39 is 29.0 Å². The van der Waals surface area contributed by atoms with E-state index >= 15 is 0 Å². The minimum atomic E-state index is -4.44. The average Bonchev–Trinajstić information content (AvgIpc) is 3.38. The highest BCUT2D eigenvalue weighted by Gasteiger charge is 2.38. The number of piperidine rings is 1. The number of ether oxygens (including phenoxy) is 2. The van der Waals surface area contributed by atoms with Crippen LogP contribution in [0.15, 0.2) is 28.8 Å². The zero-order valence-corrected chi connectivity index (χ0v) is 23.4. The number of hydrogen-bond donors (Lipinski definition) is 1. The molecule has 3 heterocycles. The molecule has 2 saturated heterocycles.